The Morgan fingerprint density at radius 1 is 1.32 bits per heavy atom. The van der Waals surface area contributed by atoms with Crippen LogP contribution in [0, 0.1) is 13.8 Å². The van der Waals surface area contributed by atoms with Crippen LogP contribution < -0.4 is 5.32 Å². The molecule has 6 nitrogen and oxygen atoms in total. The second kappa shape index (κ2) is 8.04. The van der Waals surface area contributed by atoms with Gasteiger partial charge < -0.3 is 19.4 Å². The predicted molar refractivity (Wildman–Crippen MR) is 95.6 cm³/mol. The van der Waals surface area contributed by atoms with E-state index < -0.39 is 0 Å². The van der Waals surface area contributed by atoms with Gasteiger partial charge in [0.2, 0.25) is 5.91 Å². The van der Waals surface area contributed by atoms with E-state index in [1.165, 1.54) is 0 Å². The molecule has 6 heteroatoms. The van der Waals surface area contributed by atoms with Crippen LogP contribution in [0.2, 0.25) is 0 Å². The third-order valence-electron chi connectivity index (χ3n) is 4.13. The summed E-state index contributed by atoms with van der Waals surface area (Å²) < 4.78 is 11.2. The van der Waals surface area contributed by atoms with Crippen LogP contribution in [-0.2, 0) is 9.53 Å². The van der Waals surface area contributed by atoms with Crippen LogP contribution in [0.25, 0.3) is 0 Å². The van der Waals surface area contributed by atoms with Crippen LogP contribution in [0.1, 0.15) is 61.9 Å². The van der Waals surface area contributed by atoms with Gasteiger partial charge in [-0.15, -0.1) is 0 Å². The molecule has 0 spiro atoms. The van der Waals surface area contributed by atoms with Gasteiger partial charge in [-0.1, -0.05) is 0 Å². The van der Waals surface area contributed by atoms with Crippen LogP contribution in [0.15, 0.2) is 10.5 Å². The molecule has 0 radical (unpaired) electrons. The lowest BCUT2D eigenvalue weighted by molar-refractivity contribution is -0.122. The van der Waals surface area contributed by atoms with Crippen molar-refractivity contribution in [3.63, 3.8) is 0 Å². The Balaban J connectivity index is 2.05. The summed E-state index contributed by atoms with van der Waals surface area (Å²) >= 11 is 0. The molecule has 0 bridgehead atoms. The quantitative estimate of drug-likeness (QED) is 0.856. The Kier molecular flexibility index (Phi) is 6.27. The molecule has 1 saturated heterocycles. The van der Waals surface area contributed by atoms with E-state index in [1.54, 1.807) is 17.9 Å². The van der Waals surface area contributed by atoms with Crippen molar-refractivity contribution in [1.29, 1.82) is 0 Å². The van der Waals surface area contributed by atoms with E-state index in [-0.39, 0.29) is 29.9 Å². The summed E-state index contributed by atoms with van der Waals surface area (Å²) in [5.41, 5.74) is 0.283. The highest BCUT2D eigenvalue weighted by Gasteiger charge is 2.26. The molecular formula is C19H30N2O4. The molecular weight excluding hydrogens is 320 g/mol. The van der Waals surface area contributed by atoms with E-state index in [9.17, 15) is 9.59 Å². The average molecular weight is 350 g/mol. The molecule has 2 amide bonds. The van der Waals surface area contributed by atoms with Gasteiger partial charge in [0.1, 0.15) is 11.5 Å². The van der Waals surface area contributed by atoms with E-state index in [1.807, 2.05) is 27.7 Å². The van der Waals surface area contributed by atoms with E-state index in [0.29, 0.717) is 30.2 Å². The Morgan fingerprint density at radius 2 is 2.04 bits per heavy atom. The van der Waals surface area contributed by atoms with Crippen molar-refractivity contribution in [2.24, 2.45) is 0 Å². The lowest BCUT2D eigenvalue weighted by atomic mass is 10.1. The lowest BCUT2D eigenvalue weighted by Crippen LogP contribution is -2.44. The fraction of sp³-hybridized carbons (Fsp3) is 0.684. The van der Waals surface area contributed by atoms with Gasteiger partial charge in [-0.3, -0.25) is 9.59 Å². The Morgan fingerprint density at radius 3 is 2.56 bits per heavy atom. The number of nitrogens with one attached hydrogen (secondary N) is 1. The van der Waals surface area contributed by atoms with Crippen molar-refractivity contribution in [1.82, 2.24) is 10.2 Å². The Hall–Kier alpha value is -1.82. The second-order valence-electron chi connectivity index (χ2n) is 7.76. The molecule has 1 aromatic rings. The molecule has 2 heterocycles. The molecule has 1 unspecified atom stereocenters. The summed E-state index contributed by atoms with van der Waals surface area (Å²) in [7, 11) is 0. The summed E-state index contributed by atoms with van der Waals surface area (Å²) in [6.07, 6.45) is 2.27. The van der Waals surface area contributed by atoms with Crippen LogP contribution in [0.5, 0.6) is 0 Å². The molecule has 140 valence electrons. The summed E-state index contributed by atoms with van der Waals surface area (Å²) in [4.78, 5) is 26.8. The predicted octanol–water partition coefficient (Wildman–Crippen LogP) is 2.82. The number of amides is 2. The standard InChI is InChI=1S/C19H30N2O4/c1-13-11-16(14(2)25-13)18(23)21(12-15-7-6-10-24-15)9-8-17(22)20-19(3,4)5/h11,15H,6-10,12H2,1-5H3,(H,20,22). The van der Waals surface area contributed by atoms with Crippen molar-refractivity contribution in [2.45, 2.75) is 65.5 Å². The SMILES string of the molecule is Cc1cc(C(=O)N(CCC(=O)NC(C)(C)C)CC2CCCO2)c(C)o1. The number of nitrogens with zero attached hydrogens (tertiary/aromatic N) is 1. The van der Waals surface area contributed by atoms with Gasteiger partial charge in [0.15, 0.2) is 0 Å². The molecule has 0 aliphatic carbocycles. The zero-order chi connectivity index (χ0) is 18.6. The molecule has 1 N–H and O–H groups in total. The maximum Gasteiger partial charge on any atom is 0.257 e. The topological polar surface area (TPSA) is 71.8 Å². The zero-order valence-corrected chi connectivity index (χ0v) is 16.0. The molecule has 1 atom stereocenters. The molecule has 1 aliphatic rings. The Bertz CT molecular complexity index is 609. The number of rotatable bonds is 6. The van der Waals surface area contributed by atoms with Crippen molar-refractivity contribution in [3.8, 4) is 0 Å². The van der Waals surface area contributed by atoms with E-state index in [4.69, 9.17) is 9.15 Å². The van der Waals surface area contributed by atoms with Crippen LogP contribution in [0.4, 0.5) is 0 Å². The fourth-order valence-corrected chi connectivity index (χ4v) is 3.04. The summed E-state index contributed by atoms with van der Waals surface area (Å²) in [5.74, 6) is 1.16. The number of carbonyl (C=O) groups is 2. The summed E-state index contributed by atoms with van der Waals surface area (Å²) in [5, 5.41) is 2.94. The van der Waals surface area contributed by atoms with Gasteiger partial charge >= 0.3 is 0 Å². The first-order valence-electron chi connectivity index (χ1n) is 8.94. The van der Waals surface area contributed by atoms with E-state index >= 15 is 0 Å². The monoisotopic (exact) mass is 350 g/mol. The number of hydrogen-bond acceptors (Lipinski definition) is 4. The highest BCUT2D eigenvalue weighted by atomic mass is 16.5. The number of carbonyl (C=O) groups excluding carboxylic acids is 2. The molecule has 1 fully saturated rings. The molecule has 2 rings (SSSR count). The molecule has 1 aromatic heterocycles. The molecule has 25 heavy (non-hydrogen) atoms. The highest BCUT2D eigenvalue weighted by Crippen LogP contribution is 2.19. The van der Waals surface area contributed by atoms with Crippen LogP contribution in [0.3, 0.4) is 0 Å². The lowest BCUT2D eigenvalue weighted by Gasteiger charge is -2.26. The minimum Gasteiger partial charge on any atom is -0.466 e. The minimum absolute atomic E-state index is 0.0444. The number of hydrogen-bond donors (Lipinski definition) is 1. The number of aryl methyl sites for hydroxylation is 2. The Labute approximate surface area is 149 Å². The van der Waals surface area contributed by atoms with E-state index in [0.717, 1.165) is 19.4 Å². The van der Waals surface area contributed by atoms with Gasteiger partial charge in [-0.05, 0) is 53.5 Å². The largest absolute Gasteiger partial charge is 0.466 e. The van der Waals surface area contributed by atoms with Gasteiger partial charge in [0.05, 0.1) is 11.7 Å². The maximum atomic E-state index is 12.9. The maximum absolute atomic E-state index is 12.9. The third-order valence-corrected chi connectivity index (χ3v) is 4.13. The fourth-order valence-electron chi connectivity index (χ4n) is 3.04. The molecule has 0 saturated carbocycles. The van der Waals surface area contributed by atoms with Crippen molar-refractivity contribution in [3.05, 3.63) is 23.2 Å². The smallest absolute Gasteiger partial charge is 0.257 e. The van der Waals surface area contributed by atoms with Gasteiger partial charge in [0.25, 0.3) is 5.91 Å². The normalized spacial score (nSPS) is 17.6. The highest BCUT2D eigenvalue weighted by molar-refractivity contribution is 5.95. The first kappa shape index (κ1) is 19.5. The van der Waals surface area contributed by atoms with Crippen molar-refractivity contribution in [2.75, 3.05) is 19.7 Å². The first-order chi connectivity index (χ1) is 11.7. The van der Waals surface area contributed by atoms with Gasteiger partial charge in [-0.25, -0.2) is 0 Å². The minimum atomic E-state index is -0.279. The summed E-state index contributed by atoms with van der Waals surface area (Å²) in [6, 6.07) is 1.76. The van der Waals surface area contributed by atoms with Gasteiger partial charge in [-0.2, -0.15) is 0 Å². The first-order valence-corrected chi connectivity index (χ1v) is 8.94. The van der Waals surface area contributed by atoms with E-state index in [2.05, 4.69) is 5.32 Å². The van der Waals surface area contributed by atoms with Gasteiger partial charge in [0, 0.05) is 31.7 Å². The molecule has 1 aliphatic heterocycles. The third kappa shape index (κ3) is 5.88. The van der Waals surface area contributed by atoms with Crippen LogP contribution in [-0.4, -0.2) is 48.1 Å². The zero-order valence-electron chi connectivity index (χ0n) is 16.0. The molecule has 0 aromatic carbocycles. The number of furan rings is 1. The van der Waals surface area contributed by atoms with Crippen LogP contribution >= 0.6 is 0 Å². The van der Waals surface area contributed by atoms with Crippen molar-refractivity contribution < 1.29 is 18.7 Å². The number of ether oxygens (including phenoxy) is 1. The van der Waals surface area contributed by atoms with Crippen molar-refractivity contribution >= 4 is 11.8 Å². The second-order valence-corrected chi connectivity index (χ2v) is 7.76. The summed E-state index contributed by atoms with van der Waals surface area (Å²) in [6.45, 7) is 11.0. The average Bonchev–Trinajstić information content (AvgIpc) is 3.10.